The molecule has 0 aliphatic rings. The average Bonchev–Trinajstić information content (AvgIpc) is 3.09. The first-order chi connectivity index (χ1) is 11.7. The highest BCUT2D eigenvalue weighted by Crippen LogP contribution is 2.21. The van der Waals surface area contributed by atoms with Crippen molar-refractivity contribution in [3.63, 3.8) is 0 Å². The minimum absolute atomic E-state index is 0.0612. The molecule has 0 bridgehead atoms. The number of halogens is 1. The number of benzene rings is 2. The van der Waals surface area contributed by atoms with Crippen molar-refractivity contribution >= 4 is 33.5 Å². The quantitative estimate of drug-likeness (QED) is 0.477. The Morgan fingerprint density at radius 1 is 1.12 bits per heavy atom. The van der Waals surface area contributed by atoms with Gasteiger partial charge in [0.1, 0.15) is 0 Å². The second-order valence-electron chi connectivity index (χ2n) is 5.24. The lowest BCUT2D eigenvalue weighted by Crippen LogP contribution is -2.02. The van der Waals surface area contributed by atoms with Crippen molar-refractivity contribution in [2.45, 2.75) is 18.5 Å². The van der Waals surface area contributed by atoms with Crippen LogP contribution in [0.3, 0.4) is 0 Å². The number of aryl methyl sites for hydroxylation is 1. The van der Waals surface area contributed by atoms with Crippen molar-refractivity contribution in [2.75, 3.05) is 5.75 Å². The fraction of sp³-hybridized carbons (Fsp3) is 0.167. The molecule has 0 aliphatic heterocycles. The highest BCUT2D eigenvalue weighted by atomic mass is 79.9. The zero-order valence-electron chi connectivity index (χ0n) is 13.1. The Balaban J connectivity index is 1.63. The largest absolute Gasteiger partial charge is 0.293 e. The molecule has 2 aromatic carbocycles. The number of aromatic nitrogens is 3. The number of carbonyl (C=O) groups is 1. The number of hydrogen-bond acceptors (Lipinski definition) is 4. The summed E-state index contributed by atoms with van der Waals surface area (Å²) < 4.78 is 0.958. The van der Waals surface area contributed by atoms with Crippen LogP contribution < -0.4 is 0 Å². The van der Waals surface area contributed by atoms with Crippen LogP contribution in [0.25, 0.3) is 11.4 Å². The SMILES string of the molecule is CCc1ccc(-c2nc(SCC(=O)c3ccc(Br)cc3)n[nH]2)cc1. The van der Waals surface area contributed by atoms with Gasteiger partial charge in [0.25, 0.3) is 0 Å². The van der Waals surface area contributed by atoms with Crippen molar-refractivity contribution < 1.29 is 4.79 Å². The van der Waals surface area contributed by atoms with Crippen LogP contribution in [-0.2, 0) is 6.42 Å². The number of Topliss-reactive ketones (excluding diaryl/α,β-unsaturated/α-hetero) is 1. The molecule has 3 rings (SSSR count). The molecular weight excluding hydrogens is 386 g/mol. The predicted molar refractivity (Wildman–Crippen MR) is 100 cm³/mol. The highest BCUT2D eigenvalue weighted by molar-refractivity contribution is 9.10. The van der Waals surface area contributed by atoms with E-state index in [-0.39, 0.29) is 5.78 Å². The molecular formula is C18H16BrN3OS. The van der Waals surface area contributed by atoms with E-state index in [1.807, 2.05) is 36.4 Å². The highest BCUT2D eigenvalue weighted by Gasteiger charge is 2.10. The molecule has 0 spiro atoms. The maximum absolute atomic E-state index is 12.2. The van der Waals surface area contributed by atoms with E-state index in [1.165, 1.54) is 17.3 Å². The summed E-state index contributed by atoms with van der Waals surface area (Å²) in [4.78, 5) is 16.6. The second-order valence-corrected chi connectivity index (χ2v) is 7.09. The number of hydrogen-bond donors (Lipinski definition) is 1. The van der Waals surface area contributed by atoms with Crippen molar-refractivity contribution in [1.82, 2.24) is 15.2 Å². The smallest absolute Gasteiger partial charge is 0.209 e. The maximum Gasteiger partial charge on any atom is 0.209 e. The number of rotatable bonds is 6. The van der Waals surface area contributed by atoms with Crippen molar-refractivity contribution in [3.8, 4) is 11.4 Å². The minimum atomic E-state index is 0.0612. The number of nitrogens with one attached hydrogen (secondary N) is 1. The number of thioether (sulfide) groups is 1. The normalized spacial score (nSPS) is 10.8. The van der Waals surface area contributed by atoms with Crippen LogP contribution in [0.5, 0.6) is 0 Å². The van der Waals surface area contributed by atoms with Crippen molar-refractivity contribution in [2.24, 2.45) is 0 Å². The lowest BCUT2D eigenvalue weighted by atomic mass is 10.1. The van der Waals surface area contributed by atoms with Gasteiger partial charge >= 0.3 is 0 Å². The summed E-state index contributed by atoms with van der Waals surface area (Å²) in [7, 11) is 0. The van der Waals surface area contributed by atoms with Crippen LogP contribution >= 0.6 is 27.7 Å². The van der Waals surface area contributed by atoms with Crippen molar-refractivity contribution in [3.05, 3.63) is 64.1 Å². The van der Waals surface area contributed by atoms with E-state index in [0.29, 0.717) is 16.5 Å². The molecule has 1 heterocycles. The molecule has 4 nitrogen and oxygen atoms in total. The third-order valence-corrected chi connectivity index (χ3v) is 4.98. The van der Waals surface area contributed by atoms with Crippen LogP contribution in [0, 0.1) is 0 Å². The monoisotopic (exact) mass is 401 g/mol. The third kappa shape index (κ3) is 4.13. The van der Waals surface area contributed by atoms with E-state index >= 15 is 0 Å². The van der Waals surface area contributed by atoms with Crippen LogP contribution in [-0.4, -0.2) is 26.7 Å². The summed E-state index contributed by atoms with van der Waals surface area (Å²) in [6, 6.07) is 15.6. The van der Waals surface area contributed by atoms with Gasteiger partial charge in [0, 0.05) is 15.6 Å². The van der Waals surface area contributed by atoms with Crippen molar-refractivity contribution in [1.29, 1.82) is 0 Å². The standard InChI is InChI=1S/C18H16BrN3OS/c1-2-12-3-5-14(6-4-12)17-20-18(22-21-17)24-11-16(23)13-7-9-15(19)10-8-13/h3-10H,2,11H2,1H3,(H,20,21,22). The molecule has 0 aliphatic carbocycles. The fourth-order valence-corrected chi connectivity index (χ4v) is 3.14. The van der Waals surface area contributed by atoms with E-state index in [4.69, 9.17) is 0 Å². The molecule has 6 heteroatoms. The second kappa shape index (κ2) is 7.77. The molecule has 24 heavy (non-hydrogen) atoms. The van der Waals surface area contributed by atoms with E-state index in [0.717, 1.165) is 22.3 Å². The average molecular weight is 402 g/mol. The van der Waals surface area contributed by atoms with E-state index in [2.05, 4.69) is 50.2 Å². The number of aromatic amines is 1. The van der Waals surface area contributed by atoms with Gasteiger partial charge in [-0.3, -0.25) is 9.89 Å². The summed E-state index contributed by atoms with van der Waals surface area (Å²) in [5, 5.41) is 7.69. The first-order valence-corrected chi connectivity index (χ1v) is 9.37. The molecule has 0 radical (unpaired) electrons. The number of nitrogens with zero attached hydrogens (tertiary/aromatic N) is 2. The topological polar surface area (TPSA) is 58.6 Å². The van der Waals surface area contributed by atoms with Gasteiger partial charge in [-0.2, -0.15) is 0 Å². The summed E-state index contributed by atoms with van der Waals surface area (Å²) >= 11 is 4.70. The Labute approximate surface area is 153 Å². The molecule has 122 valence electrons. The Bertz CT molecular complexity index is 828. The molecule has 0 fully saturated rings. The van der Waals surface area contributed by atoms with Gasteiger partial charge in [0.05, 0.1) is 5.75 Å². The minimum Gasteiger partial charge on any atom is -0.293 e. The number of ketones is 1. The van der Waals surface area contributed by atoms with E-state index in [9.17, 15) is 4.79 Å². The zero-order valence-corrected chi connectivity index (χ0v) is 15.5. The summed E-state index contributed by atoms with van der Waals surface area (Å²) in [5.41, 5.74) is 2.97. The van der Waals surface area contributed by atoms with Gasteiger partial charge in [-0.25, -0.2) is 4.98 Å². The van der Waals surface area contributed by atoms with Gasteiger partial charge in [0.15, 0.2) is 11.6 Å². The molecule has 1 N–H and O–H groups in total. The molecule has 1 aromatic heterocycles. The molecule has 0 saturated heterocycles. The van der Waals surface area contributed by atoms with Gasteiger partial charge in [-0.1, -0.05) is 71.0 Å². The fourth-order valence-electron chi connectivity index (χ4n) is 2.19. The lowest BCUT2D eigenvalue weighted by Gasteiger charge is -1.99. The molecule has 3 aromatic rings. The van der Waals surface area contributed by atoms with Gasteiger partial charge in [-0.05, 0) is 24.1 Å². The Morgan fingerprint density at radius 2 is 1.83 bits per heavy atom. The molecule has 0 atom stereocenters. The van der Waals surface area contributed by atoms with Crippen LogP contribution in [0.2, 0.25) is 0 Å². The van der Waals surface area contributed by atoms with E-state index < -0.39 is 0 Å². The van der Waals surface area contributed by atoms with Crippen LogP contribution in [0.1, 0.15) is 22.8 Å². The maximum atomic E-state index is 12.2. The third-order valence-electron chi connectivity index (χ3n) is 3.60. The number of H-pyrrole nitrogens is 1. The lowest BCUT2D eigenvalue weighted by molar-refractivity contribution is 0.102. The molecule has 0 saturated carbocycles. The molecule has 0 amide bonds. The summed E-state index contributed by atoms with van der Waals surface area (Å²) in [5.74, 6) is 1.09. The molecule has 0 unspecified atom stereocenters. The van der Waals surface area contributed by atoms with Gasteiger partial charge in [-0.15, -0.1) is 5.10 Å². The zero-order chi connectivity index (χ0) is 16.9. The first-order valence-electron chi connectivity index (χ1n) is 7.59. The van der Waals surface area contributed by atoms with Gasteiger partial charge < -0.3 is 0 Å². The van der Waals surface area contributed by atoms with Gasteiger partial charge in [0.2, 0.25) is 5.16 Å². The summed E-state index contributed by atoms with van der Waals surface area (Å²) in [6.07, 6.45) is 1.01. The Kier molecular flexibility index (Phi) is 5.48. The number of carbonyl (C=O) groups excluding carboxylic acids is 1. The predicted octanol–water partition coefficient (Wildman–Crippen LogP) is 4.77. The van der Waals surface area contributed by atoms with E-state index in [1.54, 1.807) is 0 Å². The van der Waals surface area contributed by atoms with Crippen LogP contribution in [0.4, 0.5) is 0 Å². The summed E-state index contributed by atoms with van der Waals surface area (Å²) in [6.45, 7) is 2.13. The first kappa shape index (κ1) is 16.9. The Hall–Kier alpha value is -1.92. The van der Waals surface area contributed by atoms with Crippen LogP contribution in [0.15, 0.2) is 58.2 Å². The Morgan fingerprint density at radius 3 is 2.50 bits per heavy atom.